The molecule has 0 bridgehead atoms. The van der Waals surface area contributed by atoms with Crippen molar-refractivity contribution in [1.29, 1.82) is 0 Å². The quantitative estimate of drug-likeness (QED) is 0.479. The molecular weight excluding hydrogens is 391 g/mol. The summed E-state index contributed by atoms with van der Waals surface area (Å²) in [5, 5.41) is 5.74. The van der Waals surface area contributed by atoms with Crippen molar-refractivity contribution in [2.24, 2.45) is 5.92 Å². The molecule has 0 aliphatic carbocycles. The summed E-state index contributed by atoms with van der Waals surface area (Å²) in [7, 11) is 0. The lowest BCUT2D eigenvalue weighted by atomic mass is 10.0. The molecule has 1 aromatic rings. The van der Waals surface area contributed by atoms with E-state index in [0.717, 1.165) is 0 Å². The van der Waals surface area contributed by atoms with Crippen molar-refractivity contribution in [3.05, 3.63) is 46.5 Å². The van der Waals surface area contributed by atoms with Gasteiger partial charge < -0.3 is 15.4 Å². The van der Waals surface area contributed by atoms with Gasteiger partial charge in [0.25, 0.3) is 11.8 Å². The number of amides is 2. The Kier molecular flexibility index (Phi) is 9.32. The van der Waals surface area contributed by atoms with Crippen LogP contribution in [0.25, 0.3) is 0 Å². The lowest BCUT2D eigenvalue weighted by Gasteiger charge is -2.22. The van der Waals surface area contributed by atoms with Crippen LogP contribution < -0.4 is 10.6 Å². The number of halogens is 2. The number of nitrogens with one attached hydrogen (secondary N) is 2. The summed E-state index contributed by atoms with van der Waals surface area (Å²) in [5.74, 6) is -1.56. The maximum absolute atomic E-state index is 12.5. The summed E-state index contributed by atoms with van der Waals surface area (Å²) in [6.45, 7) is 9.03. The summed E-state index contributed by atoms with van der Waals surface area (Å²) in [5.41, 5.74) is 0.194. The van der Waals surface area contributed by atoms with Crippen molar-refractivity contribution in [2.75, 3.05) is 6.54 Å². The topological polar surface area (TPSA) is 84.5 Å². The molecule has 27 heavy (non-hydrogen) atoms. The number of hydrogen-bond donors (Lipinski definition) is 2. The fourth-order valence-corrected chi connectivity index (χ4v) is 2.72. The Morgan fingerprint density at radius 1 is 1.22 bits per heavy atom. The zero-order valence-electron chi connectivity index (χ0n) is 15.6. The van der Waals surface area contributed by atoms with E-state index in [2.05, 4.69) is 17.2 Å². The second-order valence-corrected chi connectivity index (χ2v) is 7.24. The van der Waals surface area contributed by atoms with Crippen molar-refractivity contribution in [1.82, 2.24) is 10.6 Å². The average molecular weight is 415 g/mol. The molecule has 148 valence electrons. The molecule has 0 fully saturated rings. The van der Waals surface area contributed by atoms with Gasteiger partial charge in [0.15, 0.2) is 6.10 Å². The van der Waals surface area contributed by atoms with Crippen molar-refractivity contribution < 1.29 is 19.1 Å². The second-order valence-electron chi connectivity index (χ2n) is 6.39. The Labute approximate surface area is 169 Å². The van der Waals surface area contributed by atoms with Crippen molar-refractivity contribution in [3.63, 3.8) is 0 Å². The van der Waals surface area contributed by atoms with E-state index in [4.69, 9.17) is 27.9 Å². The lowest BCUT2D eigenvalue weighted by Crippen LogP contribution is -2.45. The van der Waals surface area contributed by atoms with Gasteiger partial charge in [-0.15, -0.1) is 6.58 Å². The van der Waals surface area contributed by atoms with E-state index in [-0.39, 0.29) is 23.0 Å². The van der Waals surface area contributed by atoms with Crippen LogP contribution in [-0.2, 0) is 14.3 Å². The highest BCUT2D eigenvalue weighted by Gasteiger charge is 2.28. The number of carbonyl (C=O) groups excluding carboxylic acids is 3. The Morgan fingerprint density at radius 2 is 1.89 bits per heavy atom. The van der Waals surface area contributed by atoms with Crippen LogP contribution in [0.15, 0.2) is 30.9 Å². The molecule has 0 unspecified atom stereocenters. The van der Waals surface area contributed by atoms with Gasteiger partial charge in [-0.2, -0.15) is 0 Å². The molecule has 2 atom stereocenters. The lowest BCUT2D eigenvalue weighted by molar-refractivity contribution is -0.156. The van der Waals surface area contributed by atoms with Crippen LogP contribution in [0.4, 0.5) is 0 Å². The summed E-state index contributed by atoms with van der Waals surface area (Å²) in [6, 6.07) is 3.53. The minimum Gasteiger partial charge on any atom is -0.451 e. The number of hydrogen-bond acceptors (Lipinski definition) is 4. The number of esters is 1. The fourth-order valence-electron chi connectivity index (χ4n) is 2.22. The number of carbonyl (C=O) groups is 3. The Hall–Kier alpha value is -2.05. The van der Waals surface area contributed by atoms with E-state index in [1.165, 1.54) is 31.2 Å². The SMILES string of the molecule is C=CCNC(=O)[C@H](C)OC(=O)[C@@H](CC(C)C)NC(=O)c1ccc(Cl)cc1Cl. The first-order valence-electron chi connectivity index (χ1n) is 8.50. The molecular formula is C19H24Cl2N2O4. The predicted molar refractivity (Wildman–Crippen MR) is 106 cm³/mol. The largest absolute Gasteiger partial charge is 0.451 e. The molecule has 1 rings (SSSR count). The van der Waals surface area contributed by atoms with Crippen LogP contribution in [0.2, 0.25) is 10.0 Å². The zero-order valence-corrected chi connectivity index (χ0v) is 17.1. The Morgan fingerprint density at radius 3 is 2.44 bits per heavy atom. The normalized spacial score (nSPS) is 12.8. The molecule has 0 heterocycles. The molecule has 2 amide bonds. The van der Waals surface area contributed by atoms with E-state index in [9.17, 15) is 14.4 Å². The number of benzene rings is 1. The maximum atomic E-state index is 12.5. The molecule has 0 saturated heterocycles. The van der Waals surface area contributed by atoms with Crippen LogP contribution in [0.5, 0.6) is 0 Å². The highest BCUT2D eigenvalue weighted by atomic mass is 35.5. The number of ether oxygens (including phenoxy) is 1. The van der Waals surface area contributed by atoms with Gasteiger partial charge in [0.2, 0.25) is 0 Å². The maximum Gasteiger partial charge on any atom is 0.329 e. The smallest absolute Gasteiger partial charge is 0.329 e. The third-order valence-electron chi connectivity index (χ3n) is 3.56. The van der Waals surface area contributed by atoms with Gasteiger partial charge in [-0.3, -0.25) is 9.59 Å². The van der Waals surface area contributed by atoms with Crippen LogP contribution in [0.1, 0.15) is 37.6 Å². The summed E-state index contributed by atoms with van der Waals surface area (Å²) < 4.78 is 5.20. The van der Waals surface area contributed by atoms with Gasteiger partial charge in [0.05, 0.1) is 10.6 Å². The monoisotopic (exact) mass is 414 g/mol. The van der Waals surface area contributed by atoms with E-state index in [1.807, 2.05) is 13.8 Å². The van der Waals surface area contributed by atoms with E-state index >= 15 is 0 Å². The summed E-state index contributed by atoms with van der Waals surface area (Å²) in [4.78, 5) is 36.8. The second kappa shape index (κ2) is 10.9. The third-order valence-corrected chi connectivity index (χ3v) is 4.10. The van der Waals surface area contributed by atoms with Gasteiger partial charge in [-0.25, -0.2) is 4.79 Å². The fraction of sp³-hybridized carbons (Fsp3) is 0.421. The Balaban J connectivity index is 2.84. The molecule has 0 aliphatic rings. The molecule has 1 aromatic carbocycles. The first-order chi connectivity index (χ1) is 12.6. The van der Waals surface area contributed by atoms with E-state index in [1.54, 1.807) is 0 Å². The Bertz CT molecular complexity index is 707. The van der Waals surface area contributed by atoms with Gasteiger partial charge in [-0.05, 0) is 37.5 Å². The molecule has 0 saturated carbocycles. The van der Waals surface area contributed by atoms with Gasteiger partial charge in [-0.1, -0.05) is 43.1 Å². The average Bonchev–Trinajstić information content (AvgIpc) is 2.58. The van der Waals surface area contributed by atoms with E-state index in [0.29, 0.717) is 11.4 Å². The minimum absolute atomic E-state index is 0.105. The summed E-state index contributed by atoms with van der Waals surface area (Å²) in [6.07, 6.45) is 0.865. The zero-order chi connectivity index (χ0) is 20.6. The molecule has 0 aromatic heterocycles. The van der Waals surface area contributed by atoms with Crippen molar-refractivity contribution in [3.8, 4) is 0 Å². The molecule has 8 heteroatoms. The van der Waals surface area contributed by atoms with Gasteiger partial charge >= 0.3 is 5.97 Å². The van der Waals surface area contributed by atoms with E-state index < -0.39 is 29.9 Å². The molecule has 0 aliphatic heterocycles. The van der Waals surface area contributed by atoms with Crippen LogP contribution in [0.3, 0.4) is 0 Å². The van der Waals surface area contributed by atoms with Crippen molar-refractivity contribution in [2.45, 2.75) is 39.3 Å². The highest BCUT2D eigenvalue weighted by molar-refractivity contribution is 6.36. The van der Waals surface area contributed by atoms with Crippen molar-refractivity contribution >= 4 is 41.0 Å². The van der Waals surface area contributed by atoms with Crippen LogP contribution >= 0.6 is 23.2 Å². The standard InChI is InChI=1S/C19H24Cl2N2O4/c1-5-8-22-17(24)12(4)27-19(26)16(9-11(2)3)23-18(25)14-7-6-13(20)10-15(14)21/h5-7,10-12,16H,1,8-9H2,2-4H3,(H,22,24)(H,23,25)/t12-,16+/m0/s1. The van der Waals surface area contributed by atoms with Gasteiger partial charge in [0, 0.05) is 11.6 Å². The molecule has 0 radical (unpaired) electrons. The van der Waals surface area contributed by atoms with Crippen LogP contribution in [-0.4, -0.2) is 36.5 Å². The first kappa shape index (κ1) is 23.0. The predicted octanol–water partition coefficient (Wildman–Crippen LogP) is 3.37. The first-order valence-corrected chi connectivity index (χ1v) is 9.26. The third kappa shape index (κ3) is 7.61. The molecule has 0 spiro atoms. The van der Waals surface area contributed by atoms with Crippen LogP contribution in [0, 0.1) is 5.92 Å². The minimum atomic E-state index is -0.997. The number of rotatable bonds is 9. The molecule has 2 N–H and O–H groups in total. The molecule has 6 nitrogen and oxygen atoms in total. The summed E-state index contributed by atoms with van der Waals surface area (Å²) >= 11 is 11.9. The highest BCUT2D eigenvalue weighted by Crippen LogP contribution is 2.21. The van der Waals surface area contributed by atoms with Gasteiger partial charge in [0.1, 0.15) is 6.04 Å².